The molecule has 216 valence electrons. The molecule has 12 heteroatoms. The summed E-state index contributed by atoms with van der Waals surface area (Å²) in [6.45, 7) is 0. The number of likely N-dealkylation sites (N-methyl/N-ethyl adjacent to an activating group) is 1. The predicted octanol–water partition coefficient (Wildman–Crippen LogP) is 1.73. The number of Topliss-reactive ketones (excluding diaryl/α,β-unsaturated/α-hetero) is 4. The van der Waals surface area contributed by atoms with E-state index in [-0.39, 0.29) is 29.8 Å². The highest BCUT2D eigenvalue weighted by molar-refractivity contribution is 7.14. The highest BCUT2D eigenvalue weighted by atomic mass is 32.1. The molecule has 6 unspecified atom stereocenters. The molecule has 6 rings (SSSR count). The maximum Gasteiger partial charge on any atom is 0.235 e. The number of aromatic hydroxyl groups is 1. The summed E-state index contributed by atoms with van der Waals surface area (Å²) in [5.41, 5.74) is 4.89. The number of hydrogen-bond donors (Lipinski definition) is 4. The predicted molar refractivity (Wildman–Crippen MR) is 152 cm³/mol. The Morgan fingerprint density at radius 2 is 1.81 bits per heavy atom. The van der Waals surface area contributed by atoms with E-state index in [1.54, 1.807) is 26.2 Å². The molecule has 5 N–H and O–H groups in total. The summed E-state index contributed by atoms with van der Waals surface area (Å²) < 4.78 is 0. The lowest BCUT2D eigenvalue weighted by Gasteiger charge is -2.52. The van der Waals surface area contributed by atoms with Gasteiger partial charge in [-0.25, -0.2) is 4.98 Å². The number of nitrogens with zero attached hydrogens (tertiary/aromatic N) is 2. The number of primary amides is 1. The largest absolute Gasteiger partial charge is 0.505 e. The smallest absolute Gasteiger partial charge is 0.235 e. The van der Waals surface area contributed by atoms with Crippen molar-refractivity contribution >= 4 is 51.2 Å². The lowest BCUT2D eigenvalue weighted by molar-refractivity contribution is -0.181. The number of amides is 1. The van der Waals surface area contributed by atoms with Gasteiger partial charge in [0.05, 0.1) is 28.9 Å². The second kappa shape index (κ2) is 9.93. The third-order valence-corrected chi connectivity index (χ3v) is 9.51. The first-order chi connectivity index (χ1) is 19.9. The number of thiazole rings is 1. The molecule has 3 aliphatic rings. The maximum absolute atomic E-state index is 13.9. The fourth-order valence-corrected chi connectivity index (χ4v) is 7.60. The van der Waals surface area contributed by atoms with E-state index in [9.17, 15) is 34.2 Å². The Hall–Kier alpha value is -4.26. The molecule has 0 spiro atoms. The highest BCUT2D eigenvalue weighted by Crippen LogP contribution is 2.51. The molecule has 3 aromatic rings. The van der Waals surface area contributed by atoms with Crippen molar-refractivity contribution in [3.63, 3.8) is 0 Å². The Balaban J connectivity index is 1.35. The quantitative estimate of drug-likeness (QED) is 0.253. The van der Waals surface area contributed by atoms with E-state index in [1.807, 2.05) is 35.7 Å². The van der Waals surface area contributed by atoms with Gasteiger partial charge in [-0.1, -0.05) is 36.4 Å². The van der Waals surface area contributed by atoms with Gasteiger partial charge >= 0.3 is 0 Å². The number of rotatable bonds is 5. The van der Waals surface area contributed by atoms with Crippen LogP contribution in [0.3, 0.4) is 0 Å². The first kappa shape index (κ1) is 27.9. The van der Waals surface area contributed by atoms with E-state index in [1.165, 1.54) is 16.2 Å². The van der Waals surface area contributed by atoms with Crippen molar-refractivity contribution in [1.29, 1.82) is 0 Å². The van der Waals surface area contributed by atoms with E-state index in [2.05, 4.69) is 10.3 Å². The first-order valence-electron chi connectivity index (χ1n) is 13.4. The molecular weight excluding hydrogens is 560 g/mol. The minimum Gasteiger partial charge on any atom is -0.505 e. The van der Waals surface area contributed by atoms with Crippen LogP contribution in [0.2, 0.25) is 0 Å². The molecule has 3 aliphatic carbocycles. The van der Waals surface area contributed by atoms with E-state index in [0.29, 0.717) is 10.7 Å². The Labute approximate surface area is 244 Å². The Kier molecular flexibility index (Phi) is 6.59. The molecule has 0 saturated heterocycles. The number of fused-ring (bicyclic) bond motifs is 3. The highest BCUT2D eigenvalue weighted by Gasteiger charge is 2.69. The van der Waals surface area contributed by atoms with Gasteiger partial charge in [0.1, 0.15) is 5.75 Å². The van der Waals surface area contributed by atoms with Crippen molar-refractivity contribution in [2.45, 2.75) is 24.5 Å². The van der Waals surface area contributed by atoms with E-state index < -0.39 is 64.4 Å². The monoisotopic (exact) mass is 588 g/mol. The van der Waals surface area contributed by atoms with Crippen LogP contribution in [-0.2, 0) is 25.6 Å². The van der Waals surface area contributed by atoms with Crippen molar-refractivity contribution < 1.29 is 34.2 Å². The molecular formula is C30H28N4O7S. The van der Waals surface area contributed by atoms with Crippen LogP contribution in [-0.4, -0.2) is 74.9 Å². The number of anilines is 2. The number of nitrogens with two attached hydrogens (primary N) is 1. The summed E-state index contributed by atoms with van der Waals surface area (Å²) in [7, 11) is 3.10. The fraction of sp³-hybridized carbons (Fsp3) is 0.333. The SMILES string of the molecule is CN(C)C1C(=O)C(C(N)=O)C(=O)C2(O)C(=O)C3C(=O)c4c(ccc(Nc5nc(-c6ccccc6)cs5)c4O)CC3CC12. The van der Waals surface area contributed by atoms with Gasteiger partial charge in [-0.05, 0) is 44.5 Å². The normalized spacial score (nSPS) is 28.7. The molecule has 11 nitrogen and oxygen atoms in total. The van der Waals surface area contributed by atoms with Crippen molar-refractivity contribution in [1.82, 2.24) is 9.88 Å². The molecule has 1 heterocycles. The van der Waals surface area contributed by atoms with Crippen LogP contribution < -0.4 is 11.1 Å². The second-order valence-electron chi connectivity index (χ2n) is 11.3. The maximum atomic E-state index is 13.9. The number of phenolic OH excluding ortho intramolecular Hbond substituents is 1. The number of phenols is 1. The summed E-state index contributed by atoms with van der Waals surface area (Å²) in [6, 6.07) is 11.7. The zero-order valence-corrected chi connectivity index (χ0v) is 23.6. The van der Waals surface area contributed by atoms with Crippen molar-refractivity contribution in [2.24, 2.45) is 29.4 Å². The summed E-state index contributed by atoms with van der Waals surface area (Å²) in [5, 5.41) is 28.3. The number of nitrogens with one attached hydrogen (secondary N) is 1. The topological polar surface area (TPSA) is 180 Å². The fourth-order valence-electron chi connectivity index (χ4n) is 6.87. The zero-order chi connectivity index (χ0) is 30.1. The van der Waals surface area contributed by atoms with Crippen molar-refractivity contribution in [2.75, 3.05) is 19.4 Å². The Morgan fingerprint density at radius 3 is 2.48 bits per heavy atom. The van der Waals surface area contributed by atoms with Gasteiger partial charge < -0.3 is 21.3 Å². The molecule has 2 aromatic carbocycles. The van der Waals surface area contributed by atoms with Gasteiger partial charge in [0.2, 0.25) is 5.91 Å². The molecule has 1 aromatic heterocycles. The zero-order valence-electron chi connectivity index (χ0n) is 22.7. The number of carbonyl (C=O) groups excluding carboxylic acids is 5. The number of aromatic nitrogens is 1. The van der Waals surface area contributed by atoms with Crippen LogP contribution in [0.1, 0.15) is 22.3 Å². The number of ketones is 4. The molecule has 2 fully saturated rings. The molecule has 1 amide bonds. The average Bonchev–Trinajstić information content (AvgIpc) is 3.41. The van der Waals surface area contributed by atoms with E-state index >= 15 is 0 Å². The van der Waals surface area contributed by atoms with Gasteiger partial charge in [-0.15, -0.1) is 11.3 Å². The summed E-state index contributed by atoms with van der Waals surface area (Å²) in [6.07, 6.45) is 0.209. The molecule has 42 heavy (non-hydrogen) atoms. The lowest BCUT2D eigenvalue weighted by atomic mass is 9.52. The van der Waals surface area contributed by atoms with Crippen molar-refractivity contribution in [3.05, 3.63) is 59.0 Å². The standard InChI is InChI=1S/C30H28N4O7S/c1-34(2)22-16-11-15-10-14-8-9-17(32-29-33-18(12-42-29)13-6-4-3-5-7-13)23(35)19(14)24(36)20(15)26(38)30(16,41)27(39)21(25(22)37)28(31)40/h3-9,12,15-16,20-22,35,41H,10-11H2,1-2H3,(H2,31,40)(H,32,33). The van der Waals surface area contributed by atoms with Crippen LogP contribution >= 0.6 is 11.3 Å². The molecule has 0 bridgehead atoms. The Bertz CT molecular complexity index is 1670. The molecule has 2 saturated carbocycles. The minimum absolute atomic E-state index is 0.00599. The summed E-state index contributed by atoms with van der Waals surface area (Å²) >= 11 is 1.31. The van der Waals surface area contributed by atoms with Crippen LogP contribution in [0.25, 0.3) is 11.3 Å². The van der Waals surface area contributed by atoms with Crippen molar-refractivity contribution in [3.8, 4) is 17.0 Å². The van der Waals surface area contributed by atoms with Crippen LogP contribution in [0.15, 0.2) is 47.8 Å². The number of hydrogen-bond acceptors (Lipinski definition) is 11. The van der Waals surface area contributed by atoms with Gasteiger partial charge in [-0.3, -0.25) is 28.9 Å². The first-order valence-corrected chi connectivity index (χ1v) is 14.3. The lowest BCUT2D eigenvalue weighted by Crippen LogP contribution is -2.74. The third kappa shape index (κ3) is 4.01. The van der Waals surface area contributed by atoms with E-state index in [4.69, 9.17) is 5.73 Å². The number of aliphatic hydroxyl groups is 1. The number of benzene rings is 2. The van der Waals surface area contributed by atoms with Gasteiger partial charge in [0, 0.05) is 16.9 Å². The van der Waals surface area contributed by atoms with E-state index in [0.717, 1.165) is 11.3 Å². The average molecular weight is 589 g/mol. The molecule has 6 atom stereocenters. The van der Waals surface area contributed by atoms with Gasteiger partial charge in [0.25, 0.3) is 0 Å². The van der Waals surface area contributed by atoms with Gasteiger partial charge in [0.15, 0.2) is 39.8 Å². The number of carbonyl (C=O) groups is 5. The molecule has 0 radical (unpaired) electrons. The molecule has 0 aliphatic heterocycles. The summed E-state index contributed by atoms with van der Waals surface area (Å²) in [4.78, 5) is 72.5. The van der Waals surface area contributed by atoms with Crippen LogP contribution in [0.4, 0.5) is 10.8 Å². The minimum atomic E-state index is -2.75. The van der Waals surface area contributed by atoms with Gasteiger partial charge in [-0.2, -0.15) is 0 Å². The second-order valence-corrected chi connectivity index (χ2v) is 12.2. The van der Waals surface area contributed by atoms with Crippen LogP contribution in [0.5, 0.6) is 5.75 Å². The van der Waals surface area contributed by atoms with Crippen LogP contribution in [0, 0.1) is 23.7 Å². The third-order valence-electron chi connectivity index (χ3n) is 8.75. The summed E-state index contributed by atoms with van der Waals surface area (Å²) in [5.74, 6) is -10.7. The Morgan fingerprint density at radius 1 is 1.10 bits per heavy atom.